The first-order valence-corrected chi connectivity index (χ1v) is 13.7. The molecule has 38 heavy (non-hydrogen) atoms. The number of ether oxygens (including phenoxy) is 3. The van der Waals surface area contributed by atoms with Gasteiger partial charge < -0.3 is 19.1 Å². The van der Waals surface area contributed by atoms with Gasteiger partial charge in [0.05, 0.1) is 19.8 Å². The summed E-state index contributed by atoms with van der Waals surface area (Å²) in [4.78, 5) is 13.8. The summed E-state index contributed by atoms with van der Waals surface area (Å²) in [5, 5.41) is 0. The molecule has 0 saturated carbocycles. The molecule has 0 aliphatic carbocycles. The molecular weight excluding hydrogens is 474 g/mol. The van der Waals surface area contributed by atoms with E-state index < -0.39 is 0 Å². The Labute approximate surface area is 228 Å². The second kappa shape index (κ2) is 15.5. The van der Waals surface area contributed by atoms with E-state index in [-0.39, 0.29) is 5.97 Å². The van der Waals surface area contributed by atoms with Crippen LogP contribution in [0.15, 0.2) is 84.9 Å². The summed E-state index contributed by atoms with van der Waals surface area (Å²) in [5.74, 6) is 1.42. The van der Waals surface area contributed by atoms with Gasteiger partial charge in [-0.2, -0.15) is 0 Å². The van der Waals surface area contributed by atoms with Crippen molar-refractivity contribution in [3.63, 3.8) is 0 Å². The van der Waals surface area contributed by atoms with E-state index in [1.54, 1.807) is 6.92 Å². The summed E-state index contributed by atoms with van der Waals surface area (Å²) in [6.07, 6.45) is 5.91. The lowest BCUT2D eigenvalue weighted by Crippen LogP contribution is -2.10. The summed E-state index contributed by atoms with van der Waals surface area (Å²) < 4.78 is 17.0. The van der Waals surface area contributed by atoms with Crippen molar-refractivity contribution in [2.24, 2.45) is 0 Å². The van der Waals surface area contributed by atoms with Crippen molar-refractivity contribution in [1.29, 1.82) is 0 Å². The average Bonchev–Trinajstić information content (AvgIpc) is 2.94. The lowest BCUT2D eigenvalue weighted by molar-refractivity contribution is -0.139. The van der Waals surface area contributed by atoms with Gasteiger partial charge in [0, 0.05) is 22.6 Å². The molecule has 5 heteroatoms. The van der Waals surface area contributed by atoms with Crippen LogP contribution >= 0.6 is 0 Å². The van der Waals surface area contributed by atoms with E-state index in [1.807, 2.05) is 24.3 Å². The van der Waals surface area contributed by atoms with Crippen LogP contribution in [0, 0.1) is 0 Å². The monoisotopic (exact) mass is 515 g/mol. The summed E-state index contributed by atoms with van der Waals surface area (Å²) in [6.45, 7) is 11.4. The molecule has 0 heterocycles. The van der Waals surface area contributed by atoms with Crippen molar-refractivity contribution in [2.45, 2.75) is 59.3 Å². The molecule has 0 aliphatic heterocycles. The zero-order valence-electron chi connectivity index (χ0n) is 23.1. The Morgan fingerprint density at radius 2 is 1.13 bits per heavy atom. The van der Waals surface area contributed by atoms with E-state index in [0.29, 0.717) is 12.2 Å². The quantitative estimate of drug-likeness (QED) is 0.109. The van der Waals surface area contributed by atoms with Gasteiger partial charge in [0.2, 0.25) is 0 Å². The average molecular weight is 516 g/mol. The first-order chi connectivity index (χ1) is 18.5. The molecule has 0 unspecified atom stereocenters. The SMILES string of the molecule is C=C(C)C(=O)OCCCc1ccc(N(c2ccc(OCCCC)cc2)c2ccc(OCCCC)cc2)cc1. The molecule has 3 rings (SSSR count). The smallest absolute Gasteiger partial charge is 0.333 e. The van der Waals surface area contributed by atoms with Gasteiger partial charge >= 0.3 is 5.97 Å². The van der Waals surface area contributed by atoms with E-state index in [1.165, 1.54) is 5.56 Å². The van der Waals surface area contributed by atoms with Crippen LogP contribution in [-0.4, -0.2) is 25.8 Å². The topological polar surface area (TPSA) is 48.0 Å². The minimum atomic E-state index is -0.334. The number of hydrogen-bond acceptors (Lipinski definition) is 5. The van der Waals surface area contributed by atoms with Gasteiger partial charge in [-0.15, -0.1) is 0 Å². The van der Waals surface area contributed by atoms with Crippen LogP contribution < -0.4 is 14.4 Å². The third-order valence-corrected chi connectivity index (χ3v) is 6.11. The van der Waals surface area contributed by atoms with E-state index in [9.17, 15) is 4.79 Å². The predicted octanol–water partition coefficient (Wildman–Crippen LogP) is 8.57. The molecule has 0 aromatic heterocycles. The first-order valence-electron chi connectivity index (χ1n) is 13.7. The van der Waals surface area contributed by atoms with Crippen LogP contribution in [0.1, 0.15) is 58.4 Å². The Bertz CT molecular complexity index is 1070. The van der Waals surface area contributed by atoms with Crippen LogP contribution in [-0.2, 0) is 16.0 Å². The van der Waals surface area contributed by atoms with E-state index in [4.69, 9.17) is 14.2 Å². The summed E-state index contributed by atoms with van der Waals surface area (Å²) in [6, 6.07) is 25.0. The molecule has 3 aromatic carbocycles. The summed E-state index contributed by atoms with van der Waals surface area (Å²) in [7, 11) is 0. The van der Waals surface area contributed by atoms with Crippen molar-refractivity contribution in [3.8, 4) is 11.5 Å². The number of esters is 1. The van der Waals surface area contributed by atoms with Crippen LogP contribution in [0.4, 0.5) is 17.1 Å². The number of hydrogen-bond donors (Lipinski definition) is 0. The second-order valence-electron chi connectivity index (χ2n) is 9.41. The molecule has 0 atom stereocenters. The number of anilines is 3. The second-order valence-corrected chi connectivity index (χ2v) is 9.41. The van der Waals surface area contributed by atoms with Gasteiger partial charge in [0.1, 0.15) is 11.5 Å². The molecular formula is C33H41NO4. The zero-order chi connectivity index (χ0) is 27.2. The maximum absolute atomic E-state index is 11.6. The lowest BCUT2D eigenvalue weighted by Gasteiger charge is -2.26. The fourth-order valence-electron chi connectivity index (χ4n) is 3.87. The molecule has 202 valence electrons. The van der Waals surface area contributed by atoms with E-state index >= 15 is 0 Å². The number of unbranched alkanes of at least 4 members (excludes halogenated alkanes) is 2. The molecule has 0 spiro atoms. The number of rotatable bonds is 16. The van der Waals surface area contributed by atoms with Gasteiger partial charge in [-0.05, 0) is 98.8 Å². The molecule has 0 amide bonds. The van der Waals surface area contributed by atoms with Gasteiger partial charge in [-0.1, -0.05) is 45.4 Å². The van der Waals surface area contributed by atoms with Crippen molar-refractivity contribution >= 4 is 23.0 Å². The fourth-order valence-corrected chi connectivity index (χ4v) is 3.87. The molecule has 0 radical (unpaired) electrons. The number of aryl methyl sites for hydroxylation is 1. The predicted molar refractivity (Wildman–Crippen MR) is 156 cm³/mol. The van der Waals surface area contributed by atoms with Crippen molar-refractivity contribution in [1.82, 2.24) is 0 Å². The van der Waals surface area contributed by atoms with Crippen LogP contribution in [0.2, 0.25) is 0 Å². The van der Waals surface area contributed by atoms with Gasteiger partial charge in [-0.3, -0.25) is 0 Å². The van der Waals surface area contributed by atoms with Crippen molar-refractivity contribution < 1.29 is 19.0 Å². The van der Waals surface area contributed by atoms with Gasteiger partial charge in [0.15, 0.2) is 0 Å². The highest BCUT2D eigenvalue weighted by molar-refractivity contribution is 5.86. The third kappa shape index (κ3) is 8.98. The normalized spacial score (nSPS) is 10.6. The van der Waals surface area contributed by atoms with Crippen LogP contribution in [0.5, 0.6) is 11.5 Å². The van der Waals surface area contributed by atoms with Crippen LogP contribution in [0.25, 0.3) is 0 Å². The van der Waals surface area contributed by atoms with Gasteiger partial charge in [0.25, 0.3) is 0 Å². The Kier molecular flexibility index (Phi) is 11.8. The van der Waals surface area contributed by atoms with E-state index in [2.05, 4.69) is 73.9 Å². The molecule has 5 nitrogen and oxygen atoms in total. The molecule has 0 aliphatic rings. The minimum absolute atomic E-state index is 0.334. The largest absolute Gasteiger partial charge is 0.494 e. The number of benzene rings is 3. The Morgan fingerprint density at radius 3 is 1.55 bits per heavy atom. The fraction of sp³-hybridized carbons (Fsp3) is 0.364. The van der Waals surface area contributed by atoms with Crippen molar-refractivity contribution in [3.05, 3.63) is 90.5 Å². The number of carbonyl (C=O) groups excluding carboxylic acids is 1. The van der Waals surface area contributed by atoms with Crippen LogP contribution in [0.3, 0.4) is 0 Å². The molecule has 3 aromatic rings. The highest BCUT2D eigenvalue weighted by atomic mass is 16.5. The maximum Gasteiger partial charge on any atom is 0.333 e. The first kappa shape index (κ1) is 28.8. The highest BCUT2D eigenvalue weighted by Gasteiger charge is 2.13. The number of nitrogens with zero attached hydrogens (tertiary/aromatic N) is 1. The standard InChI is InChI=1S/C33H41NO4/c1-5-7-23-36-31-19-15-29(16-20-31)34(30-17-21-32(22-18-30)37-24-8-6-2)28-13-11-27(12-14-28)10-9-25-38-33(35)26(3)4/h11-22H,3,5-10,23-25H2,1-2,4H3. The lowest BCUT2D eigenvalue weighted by atomic mass is 10.1. The Hall–Kier alpha value is -3.73. The maximum atomic E-state index is 11.6. The minimum Gasteiger partial charge on any atom is -0.494 e. The Morgan fingerprint density at radius 1 is 0.684 bits per heavy atom. The zero-order valence-corrected chi connectivity index (χ0v) is 23.1. The third-order valence-electron chi connectivity index (χ3n) is 6.11. The molecule has 0 saturated heterocycles. The van der Waals surface area contributed by atoms with Gasteiger partial charge in [-0.25, -0.2) is 4.79 Å². The molecule has 0 N–H and O–H groups in total. The molecule has 0 bridgehead atoms. The molecule has 0 fully saturated rings. The summed E-state index contributed by atoms with van der Waals surface area (Å²) >= 11 is 0. The highest BCUT2D eigenvalue weighted by Crippen LogP contribution is 2.36. The van der Waals surface area contributed by atoms with Crippen molar-refractivity contribution in [2.75, 3.05) is 24.7 Å². The Balaban J connectivity index is 1.76. The summed E-state index contributed by atoms with van der Waals surface area (Å²) in [5.41, 5.74) is 4.77. The number of carbonyl (C=O) groups is 1. The van der Waals surface area contributed by atoms with E-state index in [0.717, 1.165) is 80.3 Å².